The third kappa shape index (κ3) is 4.02. The molecule has 1 aromatic heterocycles. The van der Waals surface area contributed by atoms with Crippen LogP contribution in [0.4, 0.5) is 10.1 Å². The number of hydrogen-bond donors (Lipinski definition) is 1. The molecule has 0 spiro atoms. The van der Waals surface area contributed by atoms with Gasteiger partial charge in [-0.1, -0.05) is 0 Å². The highest BCUT2D eigenvalue weighted by Gasteiger charge is 2.05. The predicted molar refractivity (Wildman–Crippen MR) is 77.3 cm³/mol. The third-order valence-electron chi connectivity index (χ3n) is 2.58. The van der Waals surface area contributed by atoms with Gasteiger partial charge in [0.2, 0.25) is 5.71 Å². The molecule has 0 radical (unpaired) electrons. The van der Waals surface area contributed by atoms with Crippen LogP contribution in [0.3, 0.4) is 0 Å². The van der Waals surface area contributed by atoms with Crippen LogP contribution in [0.5, 0.6) is 5.75 Å². The second-order valence-corrected chi connectivity index (χ2v) is 4.09. The van der Waals surface area contributed by atoms with E-state index in [9.17, 15) is 4.39 Å². The van der Waals surface area contributed by atoms with E-state index in [0.29, 0.717) is 5.69 Å². The van der Waals surface area contributed by atoms with Gasteiger partial charge in [0.15, 0.2) is 11.6 Å². The van der Waals surface area contributed by atoms with Crippen molar-refractivity contribution in [1.29, 1.82) is 10.5 Å². The minimum Gasteiger partial charge on any atom is -0.486 e. The lowest BCUT2D eigenvalue weighted by atomic mass is 10.3. The van der Waals surface area contributed by atoms with Crippen molar-refractivity contribution < 1.29 is 9.13 Å². The Morgan fingerprint density at radius 1 is 1.23 bits per heavy atom. The normalized spacial score (nSPS) is 9.23. The Balaban J connectivity index is 2.03. The maximum Gasteiger partial charge on any atom is 0.237 e. The Kier molecular flexibility index (Phi) is 5.00. The van der Waals surface area contributed by atoms with E-state index >= 15 is 0 Å². The quantitative estimate of drug-likeness (QED) is 0.676. The SMILES string of the molecule is N#CC(C#N)=NNc1ccc(OCc2ccncc2)c(F)c1. The van der Waals surface area contributed by atoms with Crippen LogP contribution in [0.2, 0.25) is 0 Å². The second kappa shape index (κ2) is 7.36. The van der Waals surface area contributed by atoms with Crippen LogP contribution in [0.15, 0.2) is 47.8 Å². The molecule has 2 rings (SSSR count). The van der Waals surface area contributed by atoms with Gasteiger partial charge in [0, 0.05) is 18.5 Å². The smallest absolute Gasteiger partial charge is 0.237 e. The van der Waals surface area contributed by atoms with Gasteiger partial charge in [-0.25, -0.2) is 4.39 Å². The van der Waals surface area contributed by atoms with Crippen LogP contribution < -0.4 is 10.2 Å². The largest absolute Gasteiger partial charge is 0.486 e. The van der Waals surface area contributed by atoms with Crippen molar-refractivity contribution in [2.24, 2.45) is 5.10 Å². The lowest BCUT2D eigenvalue weighted by molar-refractivity contribution is 0.290. The molecule has 0 bridgehead atoms. The number of nitrogens with one attached hydrogen (secondary N) is 1. The average molecular weight is 295 g/mol. The maximum absolute atomic E-state index is 13.9. The molecular weight excluding hydrogens is 285 g/mol. The first-order valence-electron chi connectivity index (χ1n) is 6.18. The molecule has 6 nitrogen and oxygen atoms in total. The molecule has 1 aromatic carbocycles. The highest BCUT2D eigenvalue weighted by Crippen LogP contribution is 2.22. The van der Waals surface area contributed by atoms with E-state index in [1.54, 1.807) is 36.7 Å². The number of aromatic nitrogens is 1. The second-order valence-electron chi connectivity index (χ2n) is 4.09. The molecule has 0 aliphatic heterocycles. The zero-order valence-electron chi connectivity index (χ0n) is 11.3. The fourth-order valence-corrected chi connectivity index (χ4v) is 1.52. The molecule has 7 heteroatoms. The number of hydrazone groups is 1. The van der Waals surface area contributed by atoms with E-state index in [1.165, 1.54) is 12.1 Å². The van der Waals surface area contributed by atoms with E-state index < -0.39 is 5.82 Å². The van der Waals surface area contributed by atoms with E-state index in [-0.39, 0.29) is 18.1 Å². The molecule has 2 aromatic rings. The number of halogens is 1. The maximum atomic E-state index is 13.9. The Morgan fingerprint density at radius 2 is 1.95 bits per heavy atom. The van der Waals surface area contributed by atoms with Crippen LogP contribution in [-0.4, -0.2) is 10.7 Å². The molecule has 0 saturated heterocycles. The van der Waals surface area contributed by atoms with E-state index in [1.807, 2.05) is 0 Å². The van der Waals surface area contributed by atoms with Gasteiger partial charge < -0.3 is 4.74 Å². The van der Waals surface area contributed by atoms with Crippen LogP contribution >= 0.6 is 0 Å². The summed E-state index contributed by atoms with van der Waals surface area (Å²) >= 11 is 0. The number of hydrogen-bond acceptors (Lipinski definition) is 6. The van der Waals surface area contributed by atoms with Crippen LogP contribution in [0.1, 0.15) is 5.56 Å². The highest BCUT2D eigenvalue weighted by molar-refractivity contribution is 6.10. The molecule has 1 heterocycles. The van der Waals surface area contributed by atoms with Crippen molar-refractivity contribution in [3.8, 4) is 17.9 Å². The molecule has 0 amide bonds. The predicted octanol–water partition coefficient (Wildman–Crippen LogP) is 2.61. The minimum absolute atomic E-state index is 0.0899. The number of benzene rings is 1. The molecule has 0 saturated carbocycles. The van der Waals surface area contributed by atoms with Crippen molar-refractivity contribution in [2.45, 2.75) is 6.61 Å². The first-order chi connectivity index (χ1) is 10.7. The summed E-state index contributed by atoms with van der Waals surface area (Å²) in [5.74, 6) is -0.489. The fraction of sp³-hybridized carbons (Fsp3) is 0.0667. The molecule has 0 atom stereocenters. The molecule has 0 aliphatic rings. The summed E-state index contributed by atoms with van der Waals surface area (Å²) in [5.41, 5.74) is 3.25. The number of pyridine rings is 1. The number of nitrogens with zero attached hydrogens (tertiary/aromatic N) is 4. The Bertz CT molecular complexity index is 746. The lowest BCUT2D eigenvalue weighted by Gasteiger charge is -2.08. The zero-order chi connectivity index (χ0) is 15.8. The molecule has 1 N–H and O–H groups in total. The van der Waals surface area contributed by atoms with Gasteiger partial charge >= 0.3 is 0 Å². The first kappa shape index (κ1) is 14.9. The standard InChI is InChI=1S/C15H10FN5O/c16-14-7-12(20-21-13(8-17)9-18)1-2-15(14)22-10-11-3-5-19-6-4-11/h1-7,20H,10H2. The molecular formula is C15H10FN5O. The van der Waals surface area contributed by atoms with Crippen molar-refractivity contribution in [3.63, 3.8) is 0 Å². The Morgan fingerprint density at radius 3 is 2.59 bits per heavy atom. The lowest BCUT2D eigenvalue weighted by Crippen LogP contribution is -1.99. The molecule has 22 heavy (non-hydrogen) atoms. The van der Waals surface area contributed by atoms with Gasteiger partial charge in [-0.3, -0.25) is 10.4 Å². The topological polar surface area (TPSA) is 94.1 Å². The summed E-state index contributed by atoms with van der Waals surface area (Å²) < 4.78 is 19.3. The Labute approximate surface area is 126 Å². The molecule has 0 unspecified atom stereocenters. The van der Waals surface area contributed by atoms with Gasteiger partial charge in [-0.05, 0) is 29.8 Å². The summed E-state index contributed by atoms with van der Waals surface area (Å²) in [6.45, 7) is 0.220. The van der Waals surface area contributed by atoms with Crippen LogP contribution in [0.25, 0.3) is 0 Å². The number of anilines is 1. The summed E-state index contributed by atoms with van der Waals surface area (Å²) in [6, 6.07) is 10.9. The summed E-state index contributed by atoms with van der Waals surface area (Å²) in [6.07, 6.45) is 3.25. The van der Waals surface area contributed by atoms with Crippen molar-refractivity contribution in [3.05, 3.63) is 54.1 Å². The van der Waals surface area contributed by atoms with Crippen LogP contribution in [-0.2, 0) is 6.61 Å². The molecule has 108 valence electrons. The van der Waals surface area contributed by atoms with Gasteiger partial charge in [0.05, 0.1) is 5.69 Å². The van der Waals surface area contributed by atoms with Crippen molar-refractivity contribution >= 4 is 11.4 Å². The van der Waals surface area contributed by atoms with E-state index in [0.717, 1.165) is 11.6 Å². The van der Waals surface area contributed by atoms with Gasteiger partial charge in [0.25, 0.3) is 0 Å². The summed E-state index contributed by atoms with van der Waals surface area (Å²) in [5, 5.41) is 20.6. The molecule has 0 fully saturated rings. The zero-order valence-corrected chi connectivity index (χ0v) is 11.3. The highest BCUT2D eigenvalue weighted by atomic mass is 19.1. The van der Waals surface area contributed by atoms with Crippen molar-refractivity contribution in [1.82, 2.24) is 4.98 Å². The summed E-state index contributed by atoms with van der Waals surface area (Å²) in [7, 11) is 0. The number of ether oxygens (including phenoxy) is 1. The van der Waals surface area contributed by atoms with Crippen LogP contribution in [0, 0.1) is 28.5 Å². The minimum atomic E-state index is -0.579. The number of rotatable bonds is 5. The third-order valence-corrected chi connectivity index (χ3v) is 2.58. The molecule has 0 aliphatic carbocycles. The summed E-state index contributed by atoms with van der Waals surface area (Å²) in [4.78, 5) is 3.88. The van der Waals surface area contributed by atoms with E-state index in [4.69, 9.17) is 15.3 Å². The van der Waals surface area contributed by atoms with Gasteiger partial charge in [-0.15, -0.1) is 0 Å². The monoisotopic (exact) mass is 295 g/mol. The number of nitriles is 2. The average Bonchev–Trinajstić information content (AvgIpc) is 2.56. The van der Waals surface area contributed by atoms with E-state index in [2.05, 4.69) is 15.5 Å². The first-order valence-corrected chi connectivity index (χ1v) is 6.18. The van der Waals surface area contributed by atoms with Gasteiger partial charge in [0.1, 0.15) is 18.7 Å². The van der Waals surface area contributed by atoms with Crippen molar-refractivity contribution in [2.75, 3.05) is 5.43 Å². The fourth-order valence-electron chi connectivity index (χ4n) is 1.52. The Hall–Kier alpha value is -3.45. The van der Waals surface area contributed by atoms with Gasteiger partial charge in [-0.2, -0.15) is 15.6 Å².